The SMILES string of the molecule is CC1CCC(Br)=C(C(=O)O)C1. The van der Waals surface area contributed by atoms with Gasteiger partial charge in [-0.2, -0.15) is 0 Å². The first kappa shape index (κ1) is 8.78. The highest BCUT2D eigenvalue weighted by atomic mass is 79.9. The molecule has 0 radical (unpaired) electrons. The summed E-state index contributed by atoms with van der Waals surface area (Å²) in [6, 6.07) is 0. The number of carbonyl (C=O) groups is 1. The molecule has 0 saturated heterocycles. The molecular weight excluding hydrogens is 208 g/mol. The number of carboxylic acids is 1. The second-order valence-electron chi connectivity index (χ2n) is 3.04. The third-order valence-corrected chi connectivity index (χ3v) is 2.87. The van der Waals surface area contributed by atoms with Crippen molar-refractivity contribution in [2.75, 3.05) is 0 Å². The summed E-state index contributed by atoms with van der Waals surface area (Å²) in [6.07, 6.45) is 2.68. The summed E-state index contributed by atoms with van der Waals surface area (Å²) in [7, 11) is 0. The molecule has 0 aliphatic heterocycles. The summed E-state index contributed by atoms with van der Waals surface area (Å²) in [5, 5.41) is 8.74. The van der Waals surface area contributed by atoms with Crippen LogP contribution in [-0.2, 0) is 4.79 Å². The van der Waals surface area contributed by atoms with E-state index >= 15 is 0 Å². The van der Waals surface area contributed by atoms with Crippen LogP contribution in [0, 0.1) is 5.92 Å². The molecule has 11 heavy (non-hydrogen) atoms. The first-order chi connectivity index (χ1) is 5.11. The van der Waals surface area contributed by atoms with Gasteiger partial charge in [-0.15, -0.1) is 0 Å². The van der Waals surface area contributed by atoms with Crippen molar-refractivity contribution < 1.29 is 9.90 Å². The Balaban J connectivity index is 2.80. The van der Waals surface area contributed by atoms with Gasteiger partial charge in [0.05, 0.1) is 0 Å². The Morgan fingerprint density at radius 3 is 2.82 bits per heavy atom. The molecule has 0 fully saturated rings. The molecule has 3 heteroatoms. The van der Waals surface area contributed by atoms with E-state index in [0.717, 1.165) is 17.3 Å². The third kappa shape index (κ3) is 2.06. The number of hydrogen-bond donors (Lipinski definition) is 1. The molecular formula is C8H11BrO2. The number of carboxylic acid groups (broad SMARTS) is 1. The third-order valence-electron chi connectivity index (χ3n) is 1.99. The predicted octanol–water partition coefficient (Wildman–Crippen LogP) is 2.54. The van der Waals surface area contributed by atoms with Gasteiger partial charge in [-0.05, 0) is 25.2 Å². The molecule has 0 spiro atoms. The molecule has 1 N–H and O–H groups in total. The molecule has 1 unspecified atom stereocenters. The van der Waals surface area contributed by atoms with Crippen molar-refractivity contribution in [3.63, 3.8) is 0 Å². The number of aliphatic carboxylic acids is 1. The second-order valence-corrected chi connectivity index (χ2v) is 3.99. The minimum absolute atomic E-state index is 0.516. The summed E-state index contributed by atoms with van der Waals surface area (Å²) in [6.45, 7) is 2.09. The Hall–Kier alpha value is -0.310. The van der Waals surface area contributed by atoms with Crippen molar-refractivity contribution in [1.82, 2.24) is 0 Å². The topological polar surface area (TPSA) is 37.3 Å². The van der Waals surface area contributed by atoms with Gasteiger partial charge in [0.25, 0.3) is 0 Å². The van der Waals surface area contributed by atoms with Gasteiger partial charge in [-0.3, -0.25) is 0 Å². The van der Waals surface area contributed by atoms with E-state index in [4.69, 9.17) is 5.11 Å². The van der Waals surface area contributed by atoms with Crippen LogP contribution in [0.2, 0.25) is 0 Å². The highest BCUT2D eigenvalue weighted by Crippen LogP contribution is 2.32. The van der Waals surface area contributed by atoms with Gasteiger partial charge >= 0.3 is 5.97 Å². The van der Waals surface area contributed by atoms with Crippen LogP contribution in [-0.4, -0.2) is 11.1 Å². The molecule has 0 aromatic rings. The molecule has 1 atom stereocenters. The summed E-state index contributed by atoms with van der Waals surface area (Å²) in [5.74, 6) is -0.258. The molecule has 0 aromatic carbocycles. The lowest BCUT2D eigenvalue weighted by Gasteiger charge is -2.18. The van der Waals surface area contributed by atoms with Gasteiger partial charge in [-0.1, -0.05) is 22.9 Å². The van der Waals surface area contributed by atoms with E-state index in [9.17, 15) is 4.79 Å². The smallest absolute Gasteiger partial charge is 0.332 e. The molecule has 1 aliphatic carbocycles. The molecule has 1 rings (SSSR count). The van der Waals surface area contributed by atoms with Crippen LogP contribution >= 0.6 is 15.9 Å². The summed E-state index contributed by atoms with van der Waals surface area (Å²) < 4.78 is 0.878. The van der Waals surface area contributed by atoms with Crippen molar-refractivity contribution >= 4 is 21.9 Å². The van der Waals surface area contributed by atoms with Crippen LogP contribution in [0.4, 0.5) is 0 Å². The van der Waals surface area contributed by atoms with E-state index in [-0.39, 0.29) is 0 Å². The molecule has 0 saturated carbocycles. The second kappa shape index (κ2) is 3.39. The van der Waals surface area contributed by atoms with Crippen LogP contribution in [0.1, 0.15) is 26.2 Å². The monoisotopic (exact) mass is 218 g/mol. The van der Waals surface area contributed by atoms with Crippen LogP contribution < -0.4 is 0 Å². The summed E-state index contributed by atoms with van der Waals surface area (Å²) in [4.78, 5) is 10.6. The maximum Gasteiger partial charge on any atom is 0.332 e. The zero-order valence-corrected chi connectivity index (χ0v) is 8.02. The van der Waals surface area contributed by atoms with Crippen LogP contribution in [0.15, 0.2) is 10.1 Å². The lowest BCUT2D eigenvalue weighted by Crippen LogP contribution is -2.12. The van der Waals surface area contributed by atoms with E-state index in [1.54, 1.807) is 0 Å². The zero-order chi connectivity index (χ0) is 8.43. The minimum atomic E-state index is -0.775. The predicted molar refractivity (Wildman–Crippen MR) is 46.6 cm³/mol. The molecule has 0 amide bonds. The van der Waals surface area contributed by atoms with Crippen molar-refractivity contribution in [1.29, 1.82) is 0 Å². The average Bonchev–Trinajstić information content (AvgIpc) is 1.94. The van der Waals surface area contributed by atoms with E-state index in [1.807, 2.05) is 0 Å². The Labute approximate surface area is 74.4 Å². The number of allylic oxidation sites excluding steroid dienone is 1. The fourth-order valence-electron chi connectivity index (χ4n) is 1.29. The lowest BCUT2D eigenvalue weighted by atomic mass is 9.90. The van der Waals surface area contributed by atoms with Gasteiger partial charge in [0.2, 0.25) is 0 Å². The quantitative estimate of drug-likeness (QED) is 0.735. The van der Waals surface area contributed by atoms with Gasteiger partial charge < -0.3 is 5.11 Å². The molecule has 62 valence electrons. The van der Waals surface area contributed by atoms with Crippen LogP contribution in [0.5, 0.6) is 0 Å². The number of rotatable bonds is 1. The largest absolute Gasteiger partial charge is 0.478 e. The Morgan fingerprint density at radius 1 is 1.73 bits per heavy atom. The van der Waals surface area contributed by atoms with E-state index < -0.39 is 5.97 Å². The first-order valence-corrected chi connectivity index (χ1v) is 4.51. The van der Waals surface area contributed by atoms with Crippen molar-refractivity contribution in [2.24, 2.45) is 5.92 Å². The van der Waals surface area contributed by atoms with E-state index in [0.29, 0.717) is 17.9 Å². The van der Waals surface area contributed by atoms with E-state index in [1.165, 1.54) is 0 Å². The highest BCUT2D eigenvalue weighted by molar-refractivity contribution is 9.11. The maximum atomic E-state index is 10.6. The number of halogens is 1. The Morgan fingerprint density at radius 2 is 2.36 bits per heavy atom. The lowest BCUT2D eigenvalue weighted by molar-refractivity contribution is -0.133. The Bertz CT molecular complexity index is 208. The Kier molecular flexibility index (Phi) is 2.71. The van der Waals surface area contributed by atoms with Crippen molar-refractivity contribution in [2.45, 2.75) is 26.2 Å². The average molecular weight is 219 g/mol. The van der Waals surface area contributed by atoms with Gasteiger partial charge in [0.15, 0.2) is 0 Å². The van der Waals surface area contributed by atoms with Crippen molar-refractivity contribution in [3.05, 3.63) is 10.1 Å². The molecule has 2 nitrogen and oxygen atoms in total. The summed E-state index contributed by atoms with van der Waals surface area (Å²) in [5.41, 5.74) is 0.559. The molecule has 0 bridgehead atoms. The first-order valence-electron chi connectivity index (χ1n) is 3.72. The van der Waals surface area contributed by atoms with E-state index in [2.05, 4.69) is 22.9 Å². The highest BCUT2D eigenvalue weighted by Gasteiger charge is 2.20. The molecule has 1 aliphatic rings. The van der Waals surface area contributed by atoms with Gasteiger partial charge in [0.1, 0.15) is 0 Å². The van der Waals surface area contributed by atoms with Gasteiger partial charge in [-0.25, -0.2) is 4.79 Å². The number of hydrogen-bond acceptors (Lipinski definition) is 1. The summed E-state index contributed by atoms with van der Waals surface area (Å²) >= 11 is 3.28. The zero-order valence-electron chi connectivity index (χ0n) is 6.43. The van der Waals surface area contributed by atoms with Crippen LogP contribution in [0.3, 0.4) is 0 Å². The van der Waals surface area contributed by atoms with Crippen molar-refractivity contribution in [3.8, 4) is 0 Å². The normalized spacial score (nSPS) is 25.5. The maximum absolute atomic E-state index is 10.6. The fraction of sp³-hybridized carbons (Fsp3) is 0.625. The standard InChI is InChI=1S/C8H11BrO2/c1-5-2-3-7(9)6(4-5)8(10)11/h5H,2-4H2,1H3,(H,10,11). The fourth-order valence-corrected chi connectivity index (χ4v) is 1.85. The van der Waals surface area contributed by atoms with Crippen LogP contribution in [0.25, 0.3) is 0 Å². The molecule has 0 heterocycles. The minimum Gasteiger partial charge on any atom is -0.478 e. The van der Waals surface area contributed by atoms with Gasteiger partial charge in [0, 0.05) is 10.1 Å². The molecule has 0 aromatic heterocycles.